The Bertz CT molecular complexity index is 822. The first-order valence-corrected chi connectivity index (χ1v) is 7.52. The molecule has 0 saturated carbocycles. The van der Waals surface area contributed by atoms with Gasteiger partial charge in [0.15, 0.2) is 0 Å². The lowest BCUT2D eigenvalue weighted by atomic mass is 9.93. The highest BCUT2D eigenvalue weighted by Gasteiger charge is 2.19. The molecule has 0 fully saturated rings. The molecule has 0 saturated heterocycles. The van der Waals surface area contributed by atoms with E-state index in [9.17, 15) is 5.11 Å². The number of hydrogen-bond acceptors (Lipinski definition) is 1. The Morgan fingerprint density at radius 2 is 1.67 bits per heavy atom. The second kappa shape index (κ2) is 4.71. The summed E-state index contributed by atoms with van der Waals surface area (Å²) < 4.78 is 0. The van der Waals surface area contributed by atoms with Gasteiger partial charge in [0, 0.05) is 0 Å². The fourth-order valence-electron chi connectivity index (χ4n) is 3.53. The smallest absolute Gasteiger partial charge is 0.105 e. The highest BCUT2D eigenvalue weighted by molar-refractivity contribution is 5.93. The van der Waals surface area contributed by atoms with Gasteiger partial charge in [0.1, 0.15) is 6.10 Å². The van der Waals surface area contributed by atoms with Crippen LogP contribution in [0.25, 0.3) is 10.8 Å². The molecule has 1 N–H and O–H groups in total. The quantitative estimate of drug-likeness (QED) is 0.737. The molecular formula is C20H18O. The van der Waals surface area contributed by atoms with Gasteiger partial charge in [-0.2, -0.15) is 0 Å². The molecule has 1 aliphatic carbocycles. The monoisotopic (exact) mass is 274 g/mol. The Labute approximate surface area is 124 Å². The fourth-order valence-corrected chi connectivity index (χ4v) is 3.53. The summed E-state index contributed by atoms with van der Waals surface area (Å²) in [5, 5.41) is 13.4. The van der Waals surface area contributed by atoms with E-state index in [1.165, 1.54) is 27.5 Å². The molecule has 0 aromatic heterocycles. The van der Waals surface area contributed by atoms with E-state index in [1.54, 1.807) is 0 Å². The van der Waals surface area contributed by atoms with Gasteiger partial charge >= 0.3 is 0 Å². The SMILES string of the molecule is Cc1cccc(C(O)c2ccc3c4c(cccc24)CC3)c1. The number of aliphatic hydroxyl groups is 1. The Balaban J connectivity index is 1.92. The lowest BCUT2D eigenvalue weighted by molar-refractivity contribution is 0.222. The van der Waals surface area contributed by atoms with Gasteiger partial charge in [0.2, 0.25) is 0 Å². The van der Waals surface area contributed by atoms with Crippen molar-refractivity contribution >= 4 is 10.8 Å². The molecule has 0 heterocycles. The van der Waals surface area contributed by atoms with Crippen LogP contribution in [0.4, 0.5) is 0 Å². The largest absolute Gasteiger partial charge is 0.384 e. The van der Waals surface area contributed by atoms with Crippen LogP contribution in [0, 0.1) is 6.92 Å². The van der Waals surface area contributed by atoms with E-state index in [1.807, 2.05) is 12.1 Å². The van der Waals surface area contributed by atoms with E-state index in [-0.39, 0.29) is 0 Å². The van der Waals surface area contributed by atoms with Crippen LogP contribution in [0.5, 0.6) is 0 Å². The normalized spacial score (nSPS) is 14.6. The zero-order valence-corrected chi connectivity index (χ0v) is 12.1. The number of hydrogen-bond donors (Lipinski definition) is 1. The molecule has 1 heteroatoms. The third-order valence-corrected chi connectivity index (χ3v) is 4.56. The summed E-state index contributed by atoms with van der Waals surface area (Å²) in [5.74, 6) is 0. The van der Waals surface area contributed by atoms with E-state index < -0.39 is 6.10 Å². The van der Waals surface area contributed by atoms with Crippen molar-refractivity contribution in [3.8, 4) is 0 Å². The van der Waals surface area contributed by atoms with E-state index in [0.717, 1.165) is 24.0 Å². The molecule has 3 aromatic carbocycles. The van der Waals surface area contributed by atoms with Gasteiger partial charge in [0.25, 0.3) is 0 Å². The minimum atomic E-state index is -0.560. The van der Waals surface area contributed by atoms with Crippen molar-refractivity contribution in [2.75, 3.05) is 0 Å². The maximum Gasteiger partial charge on any atom is 0.105 e. The van der Waals surface area contributed by atoms with Crippen LogP contribution in [0.15, 0.2) is 54.6 Å². The van der Waals surface area contributed by atoms with Gasteiger partial charge in [-0.15, -0.1) is 0 Å². The van der Waals surface area contributed by atoms with Gasteiger partial charge in [-0.25, -0.2) is 0 Å². The van der Waals surface area contributed by atoms with Crippen molar-refractivity contribution in [3.63, 3.8) is 0 Å². The van der Waals surface area contributed by atoms with Crippen LogP contribution in [0.1, 0.15) is 33.9 Å². The highest BCUT2D eigenvalue weighted by atomic mass is 16.3. The number of aryl methyl sites for hydroxylation is 3. The molecule has 4 rings (SSSR count). The summed E-state index contributed by atoms with van der Waals surface area (Å²) in [5.41, 5.74) is 6.00. The minimum absolute atomic E-state index is 0.560. The van der Waals surface area contributed by atoms with Gasteiger partial charge in [-0.3, -0.25) is 0 Å². The molecule has 0 aliphatic heterocycles. The molecule has 1 atom stereocenters. The standard InChI is InChI=1S/C20H18O/c1-13-4-2-6-16(12-13)20(21)18-11-10-15-9-8-14-5-3-7-17(18)19(14)15/h2-7,10-12,20-21H,8-9H2,1H3. The summed E-state index contributed by atoms with van der Waals surface area (Å²) in [6.07, 6.45) is 1.68. The second-order valence-electron chi connectivity index (χ2n) is 5.97. The maximum absolute atomic E-state index is 10.8. The number of rotatable bonds is 2. The van der Waals surface area contributed by atoms with E-state index >= 15 is 0 Å². The van der Waals surface area contributed by atoms with Crippen molar-refractivity contribution in [2.24, 2.45) is 0 Å². The Morgan fingerprint density at radius 1 is 0.905 bits per heavy atom. The topological polar surface area (TPSA) is 20.2 Å². The summed E-state index contributed by atoms with van der Waals surface area (Å²) in [7, 11) is 0. The van der Waals surface area contributed by atoms with Crippen LogP contribution in [0.3, 0.4) is 0 Å². The van der Waals surface area contributed by atoms with Gasteiger partial charge < -0.3 is 5.11 Å². The number of aliphatic hydroxyl groups excluding tert-OH is 1. The predicted octanol–water partition coefficient (Wildman–Crippen LogP) is 4.33. The van der Waals surface area contributed by atoms with Crippen LogP contribution in [0.2, 0.25) is 0 Å². The lowest BCUT2D eigenvalue weighted by Crippen LogP contribution is -2.01. The Hall–Kier alpha value is -2.12. The molecule has 1 nitrogen and oxygen atoms in total. The molecule has 3 aromatic rings. The average molecular weight is 274 g/mol. The molecule has 0 spiro atoms. The zero-order chi connectivity index (χ0) is 14.4. The first kappa shape index (κ1) is 12.6. The average Bonchev–Trinajstić information content (AvgIpc) is 2.92. The zero-order valence-electron chi connectivity index (χ0n) is 12.1. The molecular weight excluding hydrogens is 256 g/mol. The summed E-state index contributed by atoms with van der Waals surface area (Å²) in [6, 6.07) is 18.9. The molecule has 1 unspecified atom stereocenters. The second-order valence-corrected chi connectivity index (χ2v) is 5.97. The Morgan fingerprint density at radius 3 is 2.48 bits per heavy atom. The van der Waals surface area contributed by atoms with Crippen LogP contribution in [-0.2, 0) is 12.8 Å². The van der Waals surface area contributed by atoms with Crippen molar-refractivity contribution < 1.29 is 5.11 Å². The van der Waals surface area contributed by atoms with Gasteiger partial charge in [0.05, 0.1) is 0 Å². The molecule has 1 aliphatic rings. The van der Waals surface area contributed by atoms with Gasteiger partial charge in [-0.1, -0.05) is 60.2 Å². The van der Waals surface area contributed by atoms with Gasteiger partial charge in [-0.05, 0) is 52.8 Å². The molecule has 0 amide bonds. The first-order chi connectivity index (χ1) is 10.2. The molecule has 0 radical (unpaired) electrons. The van der Waals surface area contributed by atoms with Crippen LogP contribution in [-0.4, -0.2) is 5.11 Å². The van der Waals surface area contributed by atoms with Crippen molar-refractivity contribution in [1.82, 2.24) is 0 Å². The van der Waals surface area contributed by atoms with Crippen molar-refractivity contribution in [1.29, 1.82) is 0 Å². The lowest BCUT2D eigenvalue weighted by Gasteiger charge is -2.16. The summed E-state index contributed by atoms with van der Waals surface area (Å²) in [6.45, 7) is 2.06. The first-order valence-electron chi connectivity index (χ1n) is 7.52. The van der Waals surface area contributed by atoms with E-state index in [0.29, 0.717) is 0 Å². The van der Waals surface area contributed by atoms with Crippen LogP contribution >= 0.6 is 0 Å². The summed E-state index contributed by atoms with van der Waals surface area (Å²) in [4.78, 5) is 0. The van der Waals surface area contributed by atoms with Crippen molar-refractivity contribution in [2.45, 2.75) is 25.9 Å². The molecule has 0 bridgehead atoms. The maximum atomic E-state index is 10.8. The third-order valence-electron chi connectivity index (χ3n) is 4.56. The Kier molecular flexibility index (Phi) is 2.83. The third kappa shape index (κ3) is 1.97. The molecule has 21 heavy (non-hydrogen) atoms. The highest BCUT2D eigenvalue weighted by Crippen LogP contribution is 2.36. The van der Waals surface area contributed by atoms with E-state index in [4.69, 9.17) is 0 Å². The summed E-state index contributed by atoms with van der Waals surface area (Å²) >= 11 is 0. The molecule has 104 valence electrons. The van der Waals surface area contributed by atoms with E-state index in [2.05, 4.69) is 49.4 Å². The number of benzene rings is 3. The minimum Gasteiger partial charge on any atom is -0.384 e. The fraction of sp³-hybridized carbons (Fsp3) is 0.200. The predicted molar refractivity (Wildman–Crippen MR) is 86.6 cm³/mol. The van der Waals surface area contributed by atoms with Crippen molar-refractivity contribution in [3.05, 3.63) is 82.4 Å². The van der Waals surface area contributed by atoms with Crippen LogP contribution < -0.4 is 0 Å².